The van der Waals surface area contributed by atoms with E-state index in [-0.39, 0.29) is 12.1 Å². The molecule has 1 N–H and O–H groups in total. The predicted octanol–water partition coefficient (Wildman–Crippen LogP) is 3.35. The fourth-order valence-electron chi connectivity index (χ4n) is 1.72. The highest BCUT2D eigenvalue weighted by molar-refractivity contribution is 9.11. The van der Waals surface area contributed by atoms with E-state index in [1.54, 1.807) is 0 Å². The first-order valence-corrected chi connectivity index (χ1v) is 6.38. The Kier molecular flexibility index (Phi) is 4.20. The molecule has 1 aliphatic carbocycles. The van der Waals surface area contributed by atoms with Crippen LogP contribution in [-0.2, 0) is 11.3 Å². The highest BCUT2D eigenvalue weighted by Crippen LogP contribution is 2.23. The van der Waals surface area contributed by atoms with Crippen LogP contribution in [0.4, 0.5) is 4.79 Å². The van der Waals surface area contributed by atoms with Crippen molar-refractivity contribution in [1.29, 1.82) is 0 Å². The molecule has 90 valence electrons. The van der Waals surface area contributed by atoms with Gasteiger partial charge in [0.15, 0.2) is 0 Å². The number of alkyl carbamates (subject to hydrolysis) is 1. The molecule has 1 amide bonds. The summed E-state index contributed by atoms with van der Waals surface area (Å²) in [7, 11) is 0. The Hall–Kier alpha value is -1.29. The van der Waals surface area contributed by atoms with Gasteiger partial charge >= 0.3 is 6.09 Å². The molecule has 4 heteroatoms. The number of allylic oxidation sites excluding steroid dienone is 1. The normalized spacial score (nSPS) is 18.6. The fraction of sp³-hybridized carbons (Fsp3) is 0.308. The third-order valence-electron chi connectivity index (χ3n) is 2.63. The average molecular weight is 296 g/mol. The van der Waals surface area contributed by atoms with E-state index in [9.17, 15) is 4.79 Å². The monoisotopic (exact) mass is 295 g/mol. The van der Waals surface area contributed by atoms with Gasteiger partial charge in [-0.05, 0) is 18.4 Å². The largest absolute Gasteiger partial charge is 0.445 e. The second kappa shape index (κ2) is 5.87. The minimum atomic E-state index is -0.369. The van der Waals surface area contributed by atoms with Crippen molar-refractivity contribution in [3.8, 4) is 0 Å². The maximum absolute atomic E-state index is 11.5. The number of amides is 1. The summed E-state index contributed by atoms with van der Waals surface area (Å²) >= 11 is 3.42. The van der Waals surface area contributed by atoms with Crippen molar-refractivity contribution in [2.45, 2.75) is 25.5 Å². The van der Waals surface area contributed by atoms with E-state index in [0.717, 1.165) is 22.9 Å². The van der Waals surface area contributed by atoms with E-state index in [0.29, 0.717) is 6.61 Å². The Bertz CT molecular complexity index is 417. The second-order valence-corrected chi connectivity index (χ2v) is 4.84. The van der Waals surface area contributed by atoms with E-state index in [1.165, 1.54) is 0 Å². The topological polar surface area (TPSA) is 38.3 Å². The van der Waals surface area contributed by atoms with Gasteiger partial charge in [0, 0.05) is 4.48 Å². The van der Waals surface area contributed by atoms with Crippen molar-refractivity contribution in [3.05, 3.63) is 46.5 Å². The van der Waals surface area contributed by atoms with Crippen LogP contribution in [-0.4, -0.2) is 12.1 Å². The molecule has 0 fully saturated rings. The lowest BCUT2D eigenvalue weighted by Crippen LogP contribution is -2.33. The summed E-state index contributed by atoms with van der Waals surface area (Å²) in [6.07, 6.45) is 3.62. The molecule has 0 heterocycles. The number of ether oxygens (including phenoxy) is 1. The van der Waals surface area contributed by atoms with Crippen LogP contribution in [0.15, 0.2) is 40.9 Å². The standard InChI is InChI=1S/C13H14BrNO2/c14-11-7-4-8-12(11)15-13(16)17-9-10-5-2-1-3-6-10/h1-3,5-7,12H,4,8-9H2,(H,15,16). The van der Waals surface area contributed by atoms with E-state index >= 15 is 0 Å². The molecule has 1 aromatic carbocycles. The number of benzene rings is 1. The first-order chi connectivity index (χ1) is 8.25. The molecule has 1 atom stereocenters. The number of hydrogen-bond acceptors (Lipinski definition) is 2. The summed E-state index contributed by atoms with van der Waals surface area (Å²) in [5, 5.41) is 2.82. The van der Waals surface area contributed by atoms with Gasteiger partial charge in [-0.3, -0.25) is 0 Å². The van der Waals surface area contributed by atoms with E-state index in [2.05, 4.69) is 27.3 Å². The number of halogens is 1. The predicted molar refractivity (Wildman–Crippen MR) is 69.8 cm³/mol. The maximum atomic E-state index is 11.5. The Morgan fingerprint density at radius 2 is 2.18 bits per heavy atom. The molecule has 0 aromatic heterocycles. The number of carbonyl (C=O) groups is 1. The van der Waals surface area contributed by atoms with Crippen LogP contribution >= 0.6 is 15.9 Å². The van der Waals surface area contributed by atoms with Crippen molar-refractivity contribution in [2.24, 2.45) is 0 Å². The molecular weight excluding hydrogens is 282 g/mol. The van der Waals surface area contributed by atoms with Gasteiger partial charge < -0.3 is 10.1 Å². The number of nitrogens with one attached hydrogen (secondary N) is 1. The first-order valence-electron chi connectivity index (χ1n) is 5.58. The van der Waals surface area contributed by atoms with E-state index in [1.807, 2.05) is 30.3 Å². The molecule has 17 heavy (non-hydrogen) atoms. The SMILES string of the molecule is O=C(NC1CCC=C1Br)OCc1ccccc1. The maximum Gasteiger partial charge on any atom is 0.407 e. The Balaban J connectivity index is 1.77. The van der Waals surface area contributed by atoms with Crippen molar-refractivity contribution >= 4 is 22.0 Å². The van der Waals surface area contributed by atoms with Crippen molar-refractivity contribution in [3.63, 3.8) is 0 Å². The summed E-state index contributed by atoms with van der Waals surface area (Å²) in [6.45, 7) is 0.306. The van der Waals surface area contributed by atoms with Crippen molar-refractivity contribution < 1.29 is 9.53 Å². The van der Waals surface area contributed by atoms with E-state index in [4.69, 9.17) is 4.74 Å². The highest BCUT2D eigenvalue weighted by Gasteiger charge is 2.19. The molecule has 0 aliphatic heterocycles. The fourth-order valence-corrected chi connectivity index (χ4v) is 2.29. The molecule has 1 unspecified atom stereocenters. The minimum absolute atomic E-state index is 0.0678. The second-order valence-electron chi connectivity index (χ2n) is 3.93. The van der Waals surface area contributed by atoms with Crippen LogP contribution in [0.5, 0.6) is 0 Å². The third-order valence-corrected chi connectivity index (χ3v) is 3.51. The van der Waals surface area contributed by atoms with Crippen LogP contribution in [0.3, 0.4) is 0 Å². The summed E-state index contributed by atoms with van der Waals surface area (Å²) in [6, 6.07) is 9.71. The zero-order chi connectivity index (χ0) is 12.1. The summed E-state index contributed by atoms with van der Waals surface area (Å²) in [5.41, 5.74) is 0.990. The van der Waals surface area contributed by atoms with Crippen LogP contribution in [0.2, 0.25) is 0 Å². The van der Waals surface area contributed by atoms with Gasteiger partial charge in [0.2, 0.25) is 0 Å². The number of carbonyl (C=O) groups excluding carboxylic acids is 1. The Labute approximate surface area is 109 Å². The first kappa shape index (κ1) is 12.2. The lowest BCUT2D eigenvalue weighted by Gasteiger charge is -2.13. The molecule has 3 nitrogen and oxygen atoms in total. The van der Waals surface area contributed by atoms with Crippen LogP contribution in [0.1, 0.15) is 18.4 Å². The van der Waals surface area contributed by atoms with Crippen molar-refractivity contribution in [2.75, 3.05) is 0 Å². The Morgan fingerprint density at radius 1 is 1.41 bits per heavy atom. The lowest BCUT2D eigenvalue weighted by atomic mass is 10.2. The molecule has 0 saturated heterocycles. The van der Waals surface area contributed by atoms with Gasteiger partial charge in [-0.2, -0.15) is 0 Å². The van der Waals surface area contributed by atoms with Crippen LogP contribution < -0.4 is 5.32 Å². The van der Waals surface area contributed by atoms with Crippen LogP contribution in [0.25, 0.3) is 0 Å². The molecule has 0 bridgehead atoms. The van der Waals surface area contributed by atoms with Gasteiger partial charge in [0.1, 0.15) is 6.61 Å². The number of rotatable bonds is 3. The zero-order valence-electron chi connectivity index (χ0n) is 9.36. The van der Waals surface area contributed by atoms with E-state index < -0.39 is 0 Å². The minimum Gasteiger partial charge on any atom is -0.445 e. The van der Waals surface area contributed by atoms with Gasteiger partial charge in [-0.15, -0.1) is 0 Å². The summed E-state index contributed by atoms with van der Waals surface area (Å²) in [5.74, 6) is 0. The molecule has 1 aliphatic rings. The third kappa shape index (κ3) is 3.60. The van der Waals surface area contributed by atoms with Crippen molar-refractivity contribution in [1.82, 2.24) is 5.32 Å². The van der Waals surface area contributed by atoms with Gasteiger partial charge in [-0.1, -0.05) is 52.3 Å². The Morgan fingerprint density at radius 3 is 2.82 bits per heavy atom. The van der Waals surface area contributed by atoms with Gasteiger partial charge in [0.25, 0.3) is 0 Å². The summed E-state index contributed by atoms with van der Waals surface area (Å²) in [4.78, 5) is 11.5. The van der Waals surface area contributed by atoms with Gasteiger partial charge in [-0.25, -0.2) is 4.79 Å². The molecule has 1 aromatic rings. The molecular formula is C13H14BrNO2. The molecule has 2 rings (SSSR count). The quantitative estimate of drug-likeness (QED) is 0.929. The lowest BCUT2D eigenvalue weighted by molar-refractivity contribution is 0.137. The smallest absolute Gasteiger partial charge is 0.407 e. The van der Waals surface area contributed by atoms with Gasteiger partial charge in [0.05, 0.1) is 6.04 Å². The number of hydrogen-bond donors (Lipinski definition) is 1. The zero-order valence-corrected chi connectivity index (χ0v) is 10.9. The molecule has 0 radical (unpaired) electrons. The summed E-state index contributed by atoms with van der Waals surface area (Å²) < 4.78 is 6.18. The van der Waals surface area contributed by atoms with Crippen LogP contribution in [0, 0.1) is 0 Å². The average Bonchev–Trinajstić information content (AvgIpc) is 2.74. The highest BCUT2D eigenvalue weighted by atomic mass is 79.9. The molecule has 0 saturated carbocycles. The molecule has 0 spiro atoms.